The van der Waals surface area contributed by atoms with Crippen LogP contribution in [0.2, 0.25) is 0 Å². The van der Waals surface area contributed by atoms with Gasteiger partial charge in [-0.05, 0) is 73.6 Å². The van der Waals surface area contributed by atoms with Gasteiger partial charge in [-0.2, -0.15) is 0 Å². The molecule has 0 radical (unpaired) electrons. The number of aliphatic hydroxyl groups is 1. The van der Waals surface area contributed by atoms with Crippen LogP contribution in [0.15, 0.2) is 77.3 Å². The van der Waals surface area contributed by atoms with Gasteiger partial charge in [0.1, 0.15) is 11.6 Å². The number of hydrogen-bond acceptors (Lipinski definition) is 3. The number of carbonyl (C=O) groups excluding carboxylic acids is 1. The number of para-hydroxylation sites is 1. The average Bonchev–Trinajstić information content (AvgIpc) is 2.92. The van der Waals surface area contributed by atoms with Crippen LogP contribution < -0.4 is 9.64 Å². The second kappa shape index (κ2) is 13.4. The first kappa shape index (κ1) is 28.3. The minimum Gasteiger partial charge on any atom is -0.493 e. The van der Waals surface area contributed by atoms with Crippen LogP contribution in [0.4, 0.5) is 10.1 Å². The second-order valence-electron chi connectivity index (χ2n) is 10.2. The lowest BCUT2D eigenvalue weighted by molar-refractivity contribution is -0.131. The van der Waals surface area contributed by atoms with Crippen molar-refractivity contribution in [1.82, 2.24) is 0 Å². The molecule has 1 amide bonds. The van der Waals surface area contributed by atoms with E-state index >= 15 is 0 Å². The van der Waals surface area contributed by atoms with Gasteiger partial charge in [-0.3, -0.25) is 4.79 Å². The Kier molecular flexibility index (Phi) is 9.97. The fourth-order valence-electron chi connectivity index (χ4n) is 5.46. The van der Waals surface area contributed by atoms with E-state index in [0.29, 0.717) is 30.9 Å². The third kappa shape index (κ3) is 6.65. The molecular formula is C32H37BrFNO3. The highest BCUT2D eigenvalue weighted by Crippen LogP contribution is 2.49. The molecule has 0 unspecified atom stereocenters. The summed E-state index contributed by atoms with van der Waals surface area (Å²) in [6.45, 7) is 5.05. The van der Waals surface area contributed by atoms with Crippen LogP contribution in [-0.2, 0) is 4.79 Å². The van der Waals surface area contributed by atoms with Crippen molar-refractivity contribution in [3.63, 3.8) is 0 Å². The van der Waals surface area contributed by atoms with Crippen LogP contribution >= 0.6 is 15.9 Å². The van der Waals surface area contributed by atoms with Crippen LogP contribution in [0.25, 0.3) is 0 Å². The van der Waals surface area contributed by atoms with E-state index in [1.807, 2.05) is 53.4 Å². The number of aliphatic hydroxyl groups excluding tert-OH is 1. The van der Waals surface area contributed by atoms with Gasteiger partial charge in [0.15, 0.2) is 0 Å². The largest absolute Gasteiger partial charge is 0.493 e. The molecule has 0 aromatic heterocycles. The molecule has 1 aliphatic heterocycles. The zero-order chi connectivity index (χ0) is 27.1. The van der Waals surface area contributed by atoms with E-state index in [9.17, 15) is 14.3 Å². The molecule has 4 nitrogen and oxygen atoms in total. The molecule has 0 bridgehead atoms. The summed E-state index contributed by atoms with van der Waals surface area (Å²) in [7, 11) is 0. The SMILES string of the molecule is CCCC(CCC)COc1cc(Br)ccc1[C@@H]1[C@@H](CC[C@H](O)c2ccc(F)cc2)C(=O)N1c1ccccc1. The van der Waals surface area contributed by atoms with Gasteiger partial charge in [0.2, 0.25) is 5.91 Å². The Hall–Kier alpha value is -2.70. The highest BCUT2D eigenvalue weighted by atomic mass is 79.9. The summed E-state index contributed by atoms with van der Waals surface area (Å²) in [5.41, 5.74) is 2.48. The van der Waals surface area contributed by atoms with Crippen molar-refractivity contribution < 1.29 is 19.0 Å². The molecule has 4 rings (SSSR count). The van der Waals surface area contributed by atoms with E-state index in [-0.39, 0.29) is 23.7 Å². The Morgan fingerprint density at radius 3 is 2.32 bits per heavy atom. The maximum atomic E-state index is 13.5. The first-order chi connectivity index (χ1) is 18.4. The lowest BCUT2D eigenvalue weighted by atomic mass is 9.78. The molecule has 0 saturated carbocycles. The van der Waals surface area contributed by atoms with Gasteiger partial charge in [-0.1, -0.05) is 79.0 Å². The Bertz CT molecular complexity index is 1180. The third-order valence-corrected chi connectivity index (χ3v) is 7.91. The summed E-state index contributed by atoms with van der Waals surface area (Å²) in [4.78, 5) is 15.3. The van der Waals surface area contributed by atoms with E-state index < -0.39 is 6.10 Å². The van der Waals surface area contributed by atoms with E-state index in [2.05, 4.69) is 29.8 Å². The zero-order valence-corrected chi connectivity index (χ0v) is 23.7. The van der Waals surface area contributed by atoms with Crippen LogP contribution in [-0.4, -0.2) is 17.6 Å². The molecule has 1 N–H and O–H groups in total. The number of nitrogens with zero attached hydrogens (tertiary/aromatic N) is 1. The molecule has 38 heavy (non-hydrogen) atoms. The third-order valence-electron chi connectivity index (χ3n) is 7.42. The predicted molar refractivity (Wildman–Crippen MR) is 154 cm³/mol. The second-order valence-corrected chi connectivity index (χ2v) is 11.1. The summed E-state index contributed by atoms with van der Waals surface area (Å²) >= 11 is 3.60. The van der Waals surface area contributed by atoms with Gasteiger partial charge in [-0.25, -0.2) is 4.39 Å². The number of hydrogen-bond donors (Lipinski definition) is 1. The van der Waals surface area contributed by atoms with Crippen molar-refractivity contribution in [3.05, 3.63) is 94.2 Å². The van der Waals surface area contributed by atoms with Gasteiger partial charge < -0.3 is 14.7 Å². The monoisotopic (exact) mass is 581 g/mol. The number of amides is 1. The smallest absolute Gasteiger partial charge is 0.233 e. The minimum absolute atomic E-state index is 0.0382. The van der Waals surface area contributed by atoms with Crippen LogP contribution in [0.1, 0.15) is 75.6 Å². The lowest BCUT2D eigenvalue weighted by Gasteiger charge is -2.48. The van der Waals surface area contributed by atoms with Crippen LogP contribution in [0, 0.1) is 17.7 Å². The fourth-order valence-corrected chi connectivity index (χ4v) is 5.80. The molecular weight excluding hydrogens is 545 g/mol. The van der Waals surface area contributed by atoms with Gasteiger partial charge in [0.25, 0.3) is 0 Å². The maximum Gasteiger partial charge on any atom is 0.233 e. The molecule has 0 spiro atoms. The zero-order valence-electron chi connectivity index (χ0n) is 22.2. The molecule has 1 aliphatic rings. The van der Waals surface area contributed by atoms with Crippen molar-refractivity contribution in [2.45, 2.75) is 64.5 Å². The number of rotatable bonds is 13. The molecule has 1 saturated heterocycles. The Labute approximate surface area is 234 Å². The van der Waals surface area contributed by atoms with Gasteiger partial charge >= 0.3 is 0 Å². The quantitative estimate of drug-likeness (QED) is 0.206. The van der Waals surface area contributed by atoms with Gasteiger partial charge in [0, 0.05) is 15.7 Å². The normalized spacial score (nSPS) is 17.9. The summed E-state index contributed by atoms with van der Waals surface area (Å²) < 4.78 is 20.7. The van der Waals surface area contributed by atoms with Crippen molar-refractivity contribution in [2.75, 3.05) is 11.5 Å². The molecule has 202 valence electrons. The maximum absolute atomic E-state index is 13.5. The minimum atomic E-state index is -0.765. The van der Waals surface area contributed by atoms with Gasteiger partial charge in [-0.15, -0.1) is 0 Å². The Morgan fingerprint density at radius 1 is 0.974 bits per heavy atom. The molecule has 1 heterocycles. The number of halogens is 2. The number of ether oxygens (including phenoxy) is 1. The summed E-state index contributed by atoms with van der Waals surface area (Å²) in [5, 5.41) is 10.8. The Balaban J connectivity index is 1.60. The van der Waals surface area contributed by atoms with E-state index in [4.69, 9.17) is 4.74 Å². The summed E-state index contributed by atoms with van der Waals surface area (Å²) in [6, 6.07) is 21.4. The predicted octanol–water partition coefficient (Wildman–Crippen LogP) is 8.40. The van der Waals surface area contributed by atoms with Gasteiger partial charge in [0.05, 0.1) is 24.7 Å². The number of anilines is 1. The summed E-state index contributed by atoms with van der Waals surface area (Å²) in [5.74, 6) is 0.689. The molecule has 3 aromatic rings. The highest BCUT2D eigenvalue weighted by molar-refractivity contribution is 9.10. The van der Waals surface area contributed by atoms with Crippen molar-refractivity contribution >= 4 is 27.5 Å². The number of benzene rings is 3. The molecule has 1 fully saturated rings. The fraction of sp³-hybridized carbons (Fsp3) is 0.406. The highest BCUT2D eigenvalue weighted by Gasteiger charge is 2.49. The van der Waals surface area contributed by atoms with E-state index in [1.54, 1.807) is 12.1 Å². The van der Waals surface area contributed by atoms with Crippen molar-refractivity contribution in [1.29, 1.82) is 0 Å². The molecule has 6 heteroatoms. The first-order valence-electron chi connectivity index (χ1n) is 13.7. The molecule has 0 aliphatic carbocycles. The van der Waals surface area contributed by atoms with Crippen molar-refractivity contribution in [3.8, 4) is 5.75 Å². The number of β-lactam (4-membered cyclic amide) rings is 1. The van der Waals surface area contributed by atoms with E-state index in [1.165, 1.54) is 12.1 Å². The molecule has 3 atom stereocenters. The Morgan fingerprint density at radius 2 is 1.66 bits per heavy atom. The van der Waals surface area contributed by atoms with Crippen molar-refractivity contribution in [2.24, 2.45) is 11.8 Å². The first-order valence-corrected chi connectivity index (χ1v) is 14.5. The topological polar surface area (TPSA) is 49.8 Å². The summed E-state index contributed by atoms with van der Waals surface area (Å²) in [6.07, 6.45) is 4.64. The standard InChI is InChI=1S/C32H37BrFNO3/c1-3-8-22(9-4-2)21-38-30-20-24(33)14-17-27(30)31-28(32(37)35(31)26-10-6-5-7-11-26)18-19-29(36)23-12-15-25(34)16-13-23/h5-7,10-17,20,22,28-29,31,36H,3-4,8-9,18-19,21H2,1-2H3/t28-,29+,31-/m1/s1. The lowest BCUT2D eigenvalue weighted by Crippen LogP contribution is -2.55. The van der Waals surface area contributed by atoms with E-state index in [0.717, 1.165) is 47.2 Å². The number of carbonyl (C=O) groups is 1. The average molecular weight is 583 g/mol. The van der Waals surface area contributed by atoms with Crippen LogP contribution in [0.3, 0.4) is 0 Å². The van der Waals surface area contributed by atoms with Crippen LogP contribution in [0.5, 0.6) is 5.75 Å². The molecule has 3 aromatic carbocycles.